The predicted octanol–water partition coefficient (Wildman–Crippen LogP) is 5.08. The summed E-state index contributed by atoms with van der Waals surface area (Å²) in [7, 11) is 4.32. The zero-order chi connectivity index (χ0) is 18.8. The van der Waals surface area contributed by atoms with Gasteiger partial charge in [-0.15, -0.1) is 9.63 Å². The summed E-state index contributed by atoms with van der Waals surface area (Å²) in [6.07, 6.45) is 0. The van der Waals surface area contributed by atoms with Crippen molar-refractivity contribution < 1.29 is 4.43 Å². The van der Waals surface area contributed by atoms with Crippen LogP contribution in [0.25, 0.3) is 0 Å². The molecular weight excluding hydrogens is 387 g/mol. The summed E-state index contributed by atoms with van der Waals surface area (Å²) in [6, 6.07) is 10.4. The zero-order valence-corrected chi connectivity index (χ0v) is 19.5. The van der Waals surface area contributed by atoms with E-state index in [1.807, 2.05) is 6.07 Å². The highest BCUT2D eigenvalue weighted by atomic mass is 32.2. The summed E-state index contributed by atoms with van der Waals surface area (Å²) >= 11 is 6.89. The minimum atomic E-state index is -2.20. The van der Waals surface area contributed by atoms with Gasteiger partial charge < -0.3 is 4.43 Å². The molecule has 0 saturated carbocycles. The first-order chi connectivity index (χ1) is 11.6. The van der Waals surface area contributed by atoms with Crippen molar-refractivity contribution in [1.29, 1.82) is 0 Å². The topological polar surface area (TPSA) is 40.4 Å². The summed E-state index contributed by atoms with van der Waals surface area (Å²) in [5.41, 5.74) is 2.04. The van der Waals surface area contributed by atoms with Crippen molar-refractivity contribution >= 4 is 49.3 Å². The van der Waals surface area contributed by atoms with Gasteiger partial charge in [-0.2, -0.15) is 0 Å². The van der Waals surface area contributed by atoms with E-state index in [2.05, 4.69) is 91.1 Å². The van der Waals surface area contributed by atoms with Crippen molar-refractivity contribution in [3.05, 3.63) is 35.9 Å². The third-order valence-electron chi connectivity index (χ3n) is 3.85. The molecule has 1 unspecified atom stereocenters. The average molecular weight is 415 g/mol. The van der Waals surface area contributed by atoms with Gasteiger partial charge in [0.05, 0.1) is 7.19 Å². The van der Waals surface area contributed by atoms with E-state index in [1.54, 1.807) is 0 Å². The molecule has 0 bridgehead atoms. The molecule has 0 radical (unpaired) electrons. The highest BCUT2D eigenvalue weighted by molar-refractivity contribution is 8.26. The van der Waals surface area contributed by atoms with Crippen LogP contribution in [0.2, 0.25) is 19.6 Å². The third kappa shape index (κ3) is 4.32. The van der Waals surface area contributed by atoms with Gasteiger partial charge in [-0.3, -0.25) is 9.34 Å². The van der Waals surface area contributed by atoms with Crippen LogP contribution in [0.1, 0.15) is 11.4 Å². The molecule has 138 valence electrons. The Bertz CT molecular complexity index is 705. The van der Waals surface area contributed by atoms with Crippen LogP contribution in [0, 0.1) is 0 Å². The molecular formula is C16H27N4OPS2Si. The molecule has 25 heavy (non-hydrogen) atoms. The zero-order valence-electron chi connectivity index (χ0n) is 15.9. The van der Waals surface area contributed by atoms with Crippen LogP contribution in [0.3, 0.4) is 0 Å². The molecule has 0 aromatic heterocycles. The molecule has 9 heteroatoms. The summed E-state index contributed by atoms with van der Waals surface area (Å²) < 4.78 is 16.2. The molecule has 0 N–H and O–H groups in total. The van der Waals surface area contributed by atoms with Crippen molar-refractivity contribution in [2.75, 3.05) is 28.2 Å². The number of hydrogen-bond donors (Lipinski definition) is 0. The quantitative estimate of drug-likeness (QED) is 0.281. The SMILES string of the molecule is CN(C)P(=C1N=NSC1=S)(C(O[Si](C)(C)C)c1ccccc1)N(C)C. The van der Waals surface area contributed by atoms with E-state index < -0.39 is 15.5 Å². The fourth-order valence-corrected chi connectivity index (χ4v) is 10.3. The molecule has 5 nitrogen and oxygen atoms in total. The highest BCUT2D eigenvalue weighted by Gasteiger charge is 2.43. The molecule has 1 aliphatic heterocycles. The van der Waals surface area contributed by atoms with Crippen molar-refractivity contribution in [1.82, 2.24) is 9.34 Å². The van der Waals surface area contributed by atoms with Gasteiger partial charge >= 0.3 is 0 Å². The Balaban J connectivity index is 2.84. The van der Waals surface area contributed by atoms with Gasteiger partial charge in [0.1, 0.15) is 15.5 Å². The summed E-state index contributed by atoms with van der Waals surface area (Å²) in [6.45, 7) is 6.66. The van der Waals surface area contributed by atoms with Crippen molar-refractivity contribution in [2.24, 2.45) is 9.63 Å². The molecule has 0 saturated heterocycles. The maximum absolute atomic E-state index is 6.79. The van der Waals surface area contributed by atoms with E-state index in [-0.39, 0.29) is 5.85 Å². The van der Waals surface area contributed by atoms with Gasteiger partial charge in [-0.25, -0.2) is 0 Å². The van der Waals surface area contributed by atoms with Crippen molar-refractivity contribution in [3.8, 4) is 0 Å². The minimum Gasteiger partial charge on any atom is -0.404 e. The van der Waals surface area contributed by atoms with Crippen molar-refractivity contribution in [3.63, 3.8) is 0 Å². The Labute approximate surface area is 162 Å². The second kappa shape index (κ2) is 8.13. The first-order valence-corrected chi connectivity index (χ1v) is 14.4. The lowest BCUT2D eigenvalue weighted by molar-refractivity contribution is 0.264. The maximum atomic E-state index is 6.79. The van der Waals surface area contributed by atoms with Crippen LogP contribution < -0.4 is 0 Å². The molecule has 1 atom stereocenters. The van der Waals surface area contributed by atoms with E-state index in [0.717, 1.165) is 15.2 Å². The van der Waals surface area contributed by atoms with Crippen LogP contribution in [0.4, 0.5) is 0 Å². The molecule has 1 aliphatic rings. The number of rotatable bonds is 6. The van der Waals surface area contributed by atoms with Gasteiger partial charge in [0, 0.05) is 11.9 Å². The standard InChI is InChI=1S/C16H27N4OPS2Si/c1-19(2)22(20(3)4,14-16(23)24-18-17-14)15(21-25(5,6)7)13-11-9-8-10-12-13/h8-12,15H,1-7H3. The largest absolute Gasteiger partial charge is 0.404 e. The smallest absolute Gasteiger partial charge is 0.185 e. The third-order valence-corrected chi connectivity index (χ3v) is 10.7. The first kappa shape index (κ1) is 21.0. The second-order valence-electron chi connectivity index (χ2n) is 7.22. The Hall–Kier alpha value is -0.343. The van der Waals surface area contributed by atoms with Crippen LogP contribution >= 0.6 is 31.4 Å². The Morgan fingerprint density at radius 1 is 1.08 bits per heavy atom. The minimum absolute atomic E-state index is 0.129. The normalized spacial score (nSPS) is 17.0. The molecule has 2 rings (SSSR count). The Kier molecular flexibility index (Phi) is 6.81. The lowest BCUT2D eigenvalue weighted by Crippen LogP contribution is -2.36. The molecule has 0 fully saturated rings. The van der Waals surface area contributed by atoms with Gasteiger partial charge in [-0.05, 0) is 53.4 Å². The fourth-order valence-electron chi connectivity index (χ4n) is 2.95. The van der Waals surface area contributed by atoms with Gasteiger partial charge in [0.15, 0.2) is 8.32 Å². The average Bonchev–Trinajstić information content (AvgIpc) is 2.92. The maximum Gasteiger partial charge on any atom is 0.185 e. The number of nitrogens with zero attached hydrogens (tertiary/aromatic N) is 4. The Morgan fingerprint density at radius 3 is 2.04 bits per heavy atom. The van der Waals surface area contributed by atoms with E-state index in [1.165, 1.54) is 11.9 Å². The molecule has 0 spiro atoms. The monoisotopic (exact) mass is 414 g/mol. The van der Waals surface area contributed by atoms with E-state index in [0.29, 0.717) is 0 Å². The summed E-state index contributed by atoms with van der Waals surface area (Å²) in [4.78, 5) is 0. The van der Waals surface area contributed by atoms with Crippen LogP contribution in [0.15, 0.2) is 40.0 Å². The van der Waals surface area contributed by atoms with Crippen molar-refractivity contribution in [2.45, 2.75) is 25.5 Å². The number of thiocarbonyl (C=S) groups is 1. The van der Waals surface area contributed by atoms with Crippen LogP contribution in [0.5, 0.6) is 0 Å². The summed E-state index contributed by atoms with van der Waals surface area (Å²) in [5, 5.41) is 4.47. The van der Waals surface area contributed by atoms with Gasteiger partial charge in [-0.1, -0.05) is 42.5 Å². The number of benzene rings is 1. The van der Waals surface area contributed by atoms with E-state index in [9.17, 15) is 0 Å². The predicted molar refractivity (Wildman–Crippen MR) is 118 cm³/mol. The lowest BCUT2D eigenvalue weighted by Gasteiger charge is -2.46. The van der Waals surface area contributed by atoms with Gasteiger partial charge in [0.25, 0.3) is 0 Å². The van der Waals surface area contributed by atoms with E-state index >= 15 is 0 Å². The molecule has 1 aromatic carbocycles. The number of hydrogen-bond acceptors (Lipinski definition) is 6. The fraction of sp³-hybridized carbons (Fsp3) is 0.500. The highest BCUT2D eigenvalue weighted by Crippen LogP contribution is 2.66. The van der Waals surface area contributed by atoms with E-state index in [4.69, 9.17) is 16.6 Å². The molecule has 0 aliphatic carbocycles. The Morgan fingerprint density at radius 2 is 1.64 bits per heavy atom. The van der Waals surface area contributed by atoms with Crippen LogP contribution in [-0.2, 0) is 4.43 Å². The molecule has 1 aromatic rings. The first-order valence-electron chi connectivity index (χ1n) is 8.07. The molecule has 0 amide bonds. The summed E-state index contributed by atoms with van der Waals surface area (Å²) in [5.74, 6) is -0.129. The lowest BCUT2D eigenvalue weighted by atomic mass is 10.2. The van der Waals surface area contributed by atoms with Gasteiger partial charge in [0.2, 0.25) is 0 Å². The second-order valence-corrected chi connectivity index (χ2v) is 16.9. The van der Waals surface area contributed by atoms with Crippen LogP contribution in [-0.4, -0.2) is 55.5 Å². The molecule has 1 heterocycles.